The molecular formula is C18H17N3O10S3. The third-order valence-electron chi connectivity index (χ3n) is 4.21. The van der Waals surface area contributed by atoms with Crippen molar-refractivity contribution in [3.05, 3.63) is 42.5 Å². The maximum atomic E-state index is 11.9. The van der Waals surface area contributed by atoms with Crippen molar-refractivity contribution in [1.29, 1.82) is 0 Å². The number of azo groups is 1. The zero-order valence-electron chi connectivity index (χ0n) is 17.4. The van der Waals surface area contributed by atoms with Crippen LogP contribution in [0.25, 0.3) is 10.8 Å². The number of hydrogen-bond donors (Lipinski definition) is 4. The highest BCUT2D eigenvalue weighted by Gasteiger charge is 2.22. The fourth-order valence-corrected chi connectivity index (χ4v) is 4.52. The molecule has 0 aliphatic carbocycles. The molecule has 0 aliphatic rings. The van der Waals surface area contributed by atoms with Crippen LogP contribution in [-0.2, 0) is 29.5 Å². The number of hydrogen-bond acceptors (Lipinski definition) is 12. The molecule has 3 aromatic carbocycles. The summed E-state index contributed by atoms with van der Waals surface area (Å²) < 4.78 is 68.3. The summed E-state index contributed by atoms with van der Waals surface area (Å²) in [7, 11) is -7.27. The van der Waals surface area contributed by atoms with E-state index in [1.165, 1.54) is 13.2 Å². The van der Waals surface area contributed by atoms with Crippen molar-refractivity contribution in [3.8, 4) is 11.5 Å². The normalized spacial score (nSPS) is 12.4. The van der Waals surface area contributed by atoms with E-state index in [-0.39, 0.29) is 32.7 Å². The van der Waals surface area contributed by atoms with E-state index in [1.807, 2.05) is 0 Å². The molecule has 3 aromatic rings. The van der Waals surface area contributed by atoms with E-state index in [2.05, 4.69) is 24.3 Å². The van der Waals surface area contributed by atoms with E-state index in [0.29, 0.717) is 17.8 Å². The lowest BCUT2D eigenvalue weighted by molar-refractivity contribution is -0.432. The van der Waals surface area contributed by atoms with Crippen LogP contribution in [0.15, 0.2) is 62.5 Å². The maximum Gasteiger partial charge on any atom is 0.294 e. The van der Waals surface area contributed by atoms with Crippen LogP contribution >= 0.6 is 12.0 Å². The van der Waals surface area contributed by atoms with Crippen LogP contribution in [0.3, 0.4) is 0 Å². The minimum Gasteiger partial charge on any atom is -0.505 e. The average molecular weight is 532 g/mol. The second-order valence-electron chi connectivity index (χ2n) is 6.59. The Morgan fingerprint density at radius 2 is 1.76 bits per heavy atom. The zero-order valence-corrected chi connectivity index (χ0v) is 19.8. The van der Waals surface area contributed by atoms with Crippen LogP contribution in [0, 0.1) is 0 Å². The number of phenols is 1. The van der Waals surface area contributed by atoms with Crippen molar-refractivity contribution in [1.82, 2.24) is 0 Å². The van der Waals surface area contributed by atoms with Gasteiger partial charge in [0.05, 0.1) is 46.3 Å². The molecule has 13 nitrogen and oxygen atoms in total. The van der Waals surface area contributed by atoms with E-state index >= 15 is 0 Å². The summed E-state index contributed by atoms with van der Waals surface area (Å²) in [5.41, 5.74) is -0.303. The SMILES string of the molecule is COc1ccccc1N=Nc1c(SOOO)cc2cc(S(=O)(=O)O)cc(NS(C)(=O)=O)c2c1O. The van der Waals surface area contributed by atoms with E-state index in [0.717, 1.165) is 18.4 Å². The van der Waals surface area contributed by atoms with Crippen LogP contribution in [0.5, 0.6) is 11.5 Å². The predicted molar refractivity (Wildman–Crippen MR) is 122 cm³/mol. The largest absolute Gasteiger partial charge is 0.505 e. The third kappa shape index (κ3) is 5.92. The summed E-state index contributed by atoms with van der Waals surface area (Å²) >= 11 is 0.386. The lowest BCUT2D eigenvalue weighted by atomic mass is 10.1. The minimum absolute atomic E-state index is 0.0181. The molecule has 0 unspecified atom stereocenters. The van der Waals surface area contributed by atoms with Crippen molar-refractivity contribution < 1.29 is 45.9 Å². The summed E-state index contributed by atoms with van der Waals surface area (Å²) in [6, 6.07) is 9.64. The number of benzene rings is 3. The number of anilines is 1. The van der Waals surface area contributed by atoms with Crippen molar-refractivity contribution in [2.24, 2.45) is 10.2 Å². The number of rotatable bonds is 9. The van der Waals surface area contributed by atoms with Crippen LogP contribution in [-0.4, -0.2) is 45.1 Å². The summed E-state index contributed by atoms with van der Waals surface area (Å²) in [5, 5.41) is 31.0. The summed E-state index contributed by atoms with van der Waals surface area (Å²) in [6.45, 7) is 0. The van der Waals surface area contributed by atoms with Gasteiger partial charge < -0.3 is 9.84 Å². The number of aromatic hydroxyl groups is 1. The Balaban J connectivity index is 2.33. The number of sulfonamides is 1. The molecule has 0 amide bonds. The van der Waals surface area contributed by atoms with Gasteiger partial charge in [-0.25, -0.2) is 13.7 Å². The lowest BCUT2D eigenvalue weighted by Gasteiger charge is -2.14. The summed E-state index contributed by atoms with van der Waals surface area (Å²) in [5.74, 6) is -0.249. The number of phenolic OH excluding ortho intramolecular Hbond substituents is 1. The Kier molecular flexibility index (Phi) is 7.61. The molecule has 0 heterocycles. The van der Waals surface area contributed by atoms with Crippen LogP contribution in [0.4, 0.5) is 17.1 Å². The first-order chi connectivity index (χ1) is 15.9. The molecule has 0 saturated heterocycles. The highest BCUT2D eigenvalue weighted by atomic mass is 32.2. The van der Waals surface area contributed by atoms with Crippen molar-refractivity contribution in [2.75, 3.05) is 18.1 Å². The van der Waals surface area contributed by atoms with E-state index in [4.69, 9.17) is 9.99 Å². The maximum absolute atomic E-state index is 11.9. The standard InChI is InChI=1S/C18H17N3O10S3/c1-29-14-6-4-3-5-12(14)19-20-17-15(32-31-30-23)8-10-7-11(34(26,27)28)9-13(16(10)18(17)22)21-33(2,24)25/h3-9,21-23H,1-2H3,(H,26,27,28). The number of ether oxygens (including phenoxy) is 1. The smallest absolute Gasteiger partial charge is 0.294 e. The van der Waals surface area contributed by atoms with Gasteiger partial charge in [0, 0.05) is 0 Å². The first-order valence-corrected chi connectivity index (χ1v) is 13.0. The molecule has 0 spiro atoms. The van der Waals surface area contributed by atoms with Crippen LogP contribution in [0.2, 0.25) is 0 Å². The Hall–Kier alpha value is -2.99. The van der Waals surface area contributed by atoms with Crippen molar-refractivity contribution in [2.45, 2.75) is 9.79 Å². The van der Waals surface area contributed by atoms with Crippen LogP contribution < -0.4 is 9.46 Å². The van der Waals surface area contributed by atoms with Gasteiger partial charge in [-0.05, 0) is 35.7 Å². The van der Waals surface area contributed by atoms with Gasteiger partial charge in [-0.15, -0.1) is 14.6 Å². The molecular weight excluding hydrogens is 514 g/mol. The van der Waals surface area contributed by atoms with Gasteiger partial charge in [-0.1, -0.05) is 17.2 Å². The third-order valence-corrected chi connectivity index (χ3v) is 6.26. The first kappa shape index (κ1) is 25.6. The molecule has 0 aromatic heterocycles. The number of nitrogens with one attached hydrogen (secondary N) is 1. The molecule has 16 heteroatoms. The molecule has 0 fully saturated rings. The fraction of sp³-hybridized carbons (Fsp3) is 0.111. The topological polar surface area (TPSA) is 193 Å². The lowest BCUT2D eigenvalue weighted by Crippen LogP contribution is -2.11. The zero-order chi connectivity index (χ0) is 25.1. The Morgan fingerprint density at radius 1 is 1.06 bits per heavy atom. The molecule has 34 heavy (non-hydrogen) atoms. The number of nitrogens with zero attached hydrogens (tertiary/aromatic N) is 2. The molecule has 4 N–H and O–H groups in total. The molecule has 0 bridgehead atoms. The Bertz CT molecular complexity index is 1470. The van der Waals surface area contributed by atoms with Gasteiger partial charge >= 0.3 is 0 Å². The fourth-order valence-electron chi connectivity index (χ4n) is 2.92. The quantitative estimate of drug-likeness (QED) is 0.102. The van der Waals surface area contributed by atoms with E-state index < -0.39 is 30.8 Å². The highest BCUT2D eigenvalue weighted by Crippen LogP contribution is 2.47. The van der Waals surface area contributed by atoms with Crippen LogP contribution in [0.1, 0.15) is 0 Å². The molecule has 0 aliphatic heterocycles. The minimum atomic E-state index is -4.75. The first-order valence-electron chi connectivity index (χ1n) is 8.93. The number of para-hydroxylation sites is 1. The second-order valence-corrected chi connectivity index (χ2v) is 10.5. The molecule has 0 atom stereocenters. The van der Waals surface area contributed by atoms with E-state index in [9.17, 15) is 26.5 Å². The average Bonchev–Trinajstić information content (AvgIpc) is 2.75. The summed E-state index contributed by atoms with van der Waals surface area (Å²) in [4.78, 5) is -0.667. The summed E-state index contributed by atoms with van der Waals surface area (Å²) in [6.07, 6.45) is 0.814. The van der Waals surface area contributed by atoms with Crippen molar-refractivity contribution >= 4 is 60.0 Å². The van der Waals surface area contributed by atoms with Gasteiger partial charge in [-0.2, -0.15) is 8.42 Å². The molecule has 3 rings (SSSR count). The molecule has 182 valence electrons. The van der Waals surface area contributed by atoms with Gasteiger partial charge in [0.2, 0.25) is 10.0 Å². The van der Waals surface area contributed by atoms with Gasteiger partial charge in [0.25, 0.3) is 10.1 Å². The van der Waals surface area contributed by atoms with Gasteiger partial charge in [0.1, 0.15) is 17.1 Å². The van der Waals surface area contributed by atoms with Gasteiger partial charge in [0.15, 0.2) is 5.75 Å². The second kappa shape index (κ2) is 10.1. The predicted octanol–water partition coefficient (Wildman–Crippen LogP) is 4.02. The monoisotopic (exact) mass is 531 g/mol. The number of fused-ring (bicyclic) bond motifs is 1. The number of methoxy groups -OCH3 is 1. The highest BCUT2D eigenvalue weighted by molar-refractivity contribution is 7.94. The van der Waals surface area contributed by atoms with E-state index in [1.54, 1.807) is 24.3 Å². The molecule has 0 radical (unpaired) electrons. The molecule has 0 saturated carbocycles. The van der Waals surface area contributed by atoms with Crippen molar-refractivity contribution in [3.63, 3.8) is 0 Å². The Labute approximate surface area is 197 Å². The Morgan fingerprint density at radius 3 is 2.38 bits per heavy atom. The van der Waals surface area contributed by atoms with Gasteiger partial charge in [-0.3, -0.25) is 9.27 Å².